The third-order valence-corrected chi connectivity index (χ3v) is 6.83. The van der Waals surface area contributed by atoms with Crippen LogP contribution in [-0.4, -0.2) is 35.6 Å². The molecule has 0 atom stereocenters. The predicted molar refractivity (Wildman–Crippen MR) is 136 cm³/mol. The summed E-state index contributed by atoms with van der Waals surface area (Å²) in [5, 5.41) is 0. The zero-order valence-electron chi connectivity index (χ0n) is 19.4. The van der Waals surface area contributed by atoms with E-state index >= 15 is 0 Å². The summed E-state index contributed by atoms with van der Waals surface area (Å²) in [5.41, 5.74) is 6.82. The van der Waals surface area contributed by atoms with Crippen molar-refractivity contribution in [1.29, 1.82) is 0 Å². The second kappa shape index (κ2) is 8.52. The van der Waals surface area contributed by atoms with E-state index < -0.39 is 0 Å². The number of piperidine rings is 1. The van der Waals surface area contributed by atoms with Gasteiger partial charge >= 0.3 is 0 Å². The number of H-pyrrole nitrogens is 1. The molecule has 6 rings (SSSR count). The Kier molecular flexibility index (Phi) is 5.21. The highest BCUT2D eigenvalue weighted by Gasteiger charge is 2.29. The maximum atomic E-state index is 13.2. The molecule has 0 spiro atoms. The van der Waals surface area contributed by atoms with Gasteiger partial charge in [0.05, 0.1) is 24.2 Å². The minimum atomic E-state index is 0.0609. The van der Waals surface area contributed by atoms with Gasteiger partial charge in [-0.3, -0.25) is 4.79 Å². The fourth-order valence-corrected chi connectivity index (χ4v) is 5.04. The van der Waals surface area contributed by atoms with E-state index in [2.05, 4.69) is 22.0 Å². The van der Waals surface area contributed by atoms with Gasteiger partial charge < -0.3 is 19.5 Å². The van der Waals surface area contributed by atoms with Gasteiger partial charge in [0.2, 0.25) is 0 Å². The molecule has 6 heteroatoms. The average molecular weight is 453 g/mol. The summed E-state index contributed by atoms with van der Waals surface area (Å²) in [6.07, 6.45) is 3.79. The average Bonchev–Trinajstić information content (AvgIpc) is 3.45. The van der Waals surface area contributed by atoms with Crippen molar-refractivity contribution in [2.24, 2.45) is 0 Å². The highest BCUT2D eigenvalue weighted by atomic mass is 16.5. The van der Waals surface area contributed by atoms with Gasteiger partial charge in [0, 0.05) is 35.6 Å². The van der Waals surface area contributed by atoms with Crippen molar-refractivity contribution < 1.29 is 9.53 Å². The lowest BCUT2D eigenvalue weighted by Crippen LogP contribution is -2.29. The number of ether oxygens (including phenoxy) is 1. The van der Waals surface area contributed by atoms with Crippen molar-refractivity contribution in [2.75, 3.05) is 29.5 Å². The number of carbonyl (C=O) groups is 1. The van der Waals surface area contributed by atoms with Crippen LogP contribution in [0.5, 0.6) is 5.75 Å². The van der Waals surface area contributed by atoms with Crippen molar-refractivity contribution in [2.45, 2.75) is 32.7 Å². The van der Waals surface area contributed by atoms with E-state index in [0.29, 0.717) is 13.2 Å². The first-order valence-electron chi connectivity index (χ1n) is 12.1. The van der Waals surface area contributed by atoms with Crippen molar-refractivity contribution in [3.8, 4) is 17.1 Å². The standard InChI is InChI=1S/C28H28N4O2/c1-2-34-23-10-6-19(7-11-23)27-29-25-13-9-22(17-26(25)30-27)32-18-20-16-21(8-12-24(20)28(32)33)31-14-4-3-5-15-31/h6-13,16-17H,2-5,14-15,18H2,1H3,(H,29,30). The smallest absolute Gasteiger partial charge is 0.258 e. The van der Waals surface area contributed by atoms with Gasteiger partial charge in [0.1, 0.15) is 11.6 Å². The van der Waals surface area contributed by atoms with Crippen LogP contribution >= 0.6 is 0 Å². The number of aromatic amines is 1. The van der Waals surface area contributed by atoms with Crippen molar-refractivity contribution in [1.82, 2.24) is 9.97 Å². The number of amides is 1. The molecule has 1 amide bonds. The number of rotatable bonds is 5. The summed E-state index contributed by atoms with van der Waals surface area (Å²) in [7, 11) is 0. The molecule has 0 bridgehead atoms. The molecule has 3 heterocycles. The van der Waals surface area contributed by atoms with Gasteiger partial charge in [-0.05, 0) is 92.4 Å². The summed E-state index contributed by atoms with van der Waals surface area (Å²) >= 11 is 0. The van der Waals surface area contributed by atoms with E-state index in [9.17, 15) is 4.79 Å². The van der Waals surface area contributed by atoms with Gasteiger partial charge in [-0.1, -0.05) is 0 Å². The van der Waals surface area contributed by atoms with Crippen LogP contribution in [0.15, 0.2) is 60.7 Å². The monoisotopic (exact) mass is 452 g/mol. The normalized spacial score (nSPS) is 15.7. The minimum Gasteiger partial charge on any atom is -0.494 e. The molecule has 0 radical (unpaired) electrons. The van der Waals surface area contributed by atoms with Crippen molar-refractivity contribution in [3.63, 3.8) is 0 Å². The summed E-state index contributed by atoms with van der Waals surface area (Å²) in [4.78, 5) is 25.7. The molecule has 3 aromatic carbocycles. The zero-order valence-corrected chi connectivity index (χ0v) is 19.4. The van der Waals surface area contributed by atoms with Crippen molar-refractivity contribution in [3.05, 3.63) is 71.8 Å². The third-order valence-electron chi connectivity index (χ3n) is 6.83. The van der Waals surface area contributed by atoms with Crippen LogP contribution in [0, 0.1) is 0 Å². The molecule has 1 saturated heterocycles. The Morgan fingerprint density at radius 3 is 2.53 bits per heavy atom. The molecular formula is C28H28N4O2. The topological polar surface area (TPSA) is 61.5 Å². The SMILES string of the molecule is CCOc1ccc(-c2nc3ccc(N4Cc5cc(N6CCCCC6)ccc5C4=O)cc3[nH]2)cc1. The molecule has 172 valence electrons. The van der Waals surface area contributed by atoms with Gasteiger partial charge in [0.15, 0.2) is 0 Å². The second-order valence-corrected chi connectivity index (χ2v) is 9.02. The minimum absolute atomic E-state index is 0.0609. The summed E-state index contributed by atoms with van der Waals surface area (Å²) in [5.74, 6) is 1.71. The van der Waals surface area contributed by atoms with Crippen molar-refractivity contribution >= 4 is 28.3 Å². The molecule has 6 nitrogen and oxygen atoms in total. The second-order valence-electron chi connectivity index (χ2n) is 9.02. The Morgan fingerprint density at radius 2 is 1.74 bits per heavy atom. The first-order chi connectivity index (χ1) is 16.7. The predicted octanol–water partition coefficient (Wildman–Crippen LogP) is 5.78. The Bertz CT molecular complexity index is 1350. The lowest BCUT2D eigenvalue weighted by molar-refractivity contribution is 0.0996. The molecule has 1 fully saturated rings. The maximum Gasteiger partial charge on any atom is 0.258 e. The molecule has 0 saturated carbocycles. The zero-order chi connectivity index (χ0) is 23.1. The van der Waals surface area contributed by atoms with Crippen LogP contribution in [0.3, 0.4) is 0 Å². The molecule has 1 aromatic heterocycles. The van der Waals surface area contributed by atoms with Crippen LogP contribution in [0.4, 0.5) is 11.4 Å². The van der Waals surface area contributed by atoms with Gasteiger partial charge in [-0.25, -0.2) is 4.98 Å². The van der Waals surface area contributed by atoms with E-state index in [-0.39, 0.29) is 5.91 Å². The molecule has 2 aliphatic heterocycles. The lowest BCUT2D eigenvalue weighted by atomic mass is 10.1. The van der Waals surface area contributed by atoms with Gasteiger partial charge in [-0.15, -0.1) is 0 Å². The number of nitrogens with zero attached hydrogens (tertiary/aromatic N) is 3. The van der Waals surface area contributed by atoms with E-state index in [1.165, 1.54) is 24.9 Å². The number of carbonyl (C=O) groups excluding carboxylic acids is 1. The van der Waals surface area contributed by atoms with Gasteiger partial charge in [0.25, 0.3) is 5.91 Å². The Labute approximate surface area is 199 Å². The van der Waals surface area contributed by atoms with E-state index in [0.717, 1.165) is 58.1 Å². The highest BCUT2D eigenvalue weighted by Crippen LogP contribution is 2.33. The number of aromatic nitrogens is 2. The highest BCUT2D eigenvalue weighted by molar-refractivity contribution is 6.10. The number of imidazole rings is 1. The first kappa shape index (κ1) is 20.8. The lowest BCUT2D eigenvalue weighted by Gasteiger charge is -2.29. The first-order valence-corrected chi connectivity index (χ1v) is 12.1. The summed E-state index contributed by atoms with van der Waals surface area (Å²) < 4.78 is 5.54. The molecule has 1 N–H and O–H groups in total. The number of nitrogens with one attached hydrogen (secondary N) is 1. The molecule has 0 aliphatic carbocycles. The number of hydrogen-bond donors (Lipinski definition) is 1. The number of anilines is 2. The molecule has 2 aliphatic rings. The Morgan fingerprint density at radius 1 is 0.941 bits per heavy atom. The Balaban J connectivity index is 1.26. The Hall–Kier alpha value is -3.80. The van der Waals surface area contributed by atoms with Crippen LogP contribution in [0.25, 0.3) is 22.4 Å². The fourth-order valence-electron chi connectivity index (χ4n) is 5.04. The summed E-state index contributed by atoms with van der Waals surface area (Å²) in [6, 6.07) is 20.2. The van der Waals surface area contributed by atoms with E-state index in [1.807, 2.05) is 60.4 Å². The maximum absolute atomic E-state index is 13.2. The molecule has 0 unspecified atom stereocenters. The molecular weight excluding hydrogens is 424 g/mol. The summed E-state index contributed by atoms with van der Waals surface area (Å²) in [6.45, 7) is 5.42. The fraction of sp³-hybridized carbons (Fsp3) is 0.286. The van der Waals surface area contributed by atoms with Gasteiger partial charge in [-0.2, -0.15) is 0 Å². The van der Waals surface area contributed by atoms with Crippen LogP contribution in [0.2, 0.25) is 0 Å². The van der Waals surface area contributed by atoms with E-state index in [1.54, 1.807) is 0 Å². The molecule has 4 aromatic rings. The largest absolute Gasteiger partial charge is 0.494 e. The number of benzene rings is 3. The third kappa shape index (κ3) is 3.69. The number of hydrogen-bond acceptors (Lipinski definition) is 4. The van der Waals surface area contributed by atoms with E-state index in [4.69, 9.17) is 9.72 Å². The molecule has 34 heavy (non-hydrogen) atoms. The van der Waals surface area contributed by atoms with Crippen LogP contribution in [0.1, 0.15) is 42.1 Å². The quantitative estimate of drug-likeness (QED) is 0.417. The number of fused-ring (bicyclic) bond motifs is 2. The van der Waals surface area contributed by atoms with Crippen LogP contribution in [-0.2, 0) is 6.54 Å². The van der Waals surface area contributed by atoms with Crippen LogP contribution < -0.4 is 14.5 Å².